The average Bonchev–Trinajstić information content (AvgIpc) is 3.04. The third-order valence-corrected chi connectivity index (χ3v) is 8.94. The fourth-order valence-corrected chi connectivity index (χ4v) is 6.17. The molecule has 44 heavy (non-hydrogen) atoms. The number of nitrogens with zero attached hydrogens (tertiary/aromatic N) is 2. The van der Waals surface area contributed by atoms with Crippen molar-refractivity contribution in [3.63, 3.8) is 0 Å². The second kappa shape index (κ2) is 16.2. The van der Waals surface area contributed by atoms with Crippen LogP contribution in [0.25, 0.3) is 11.1 Å². The lowest BCUT2D eigenvalue weighted by Crippen LogP contribution is -2.48. The molecule has 2 N–H and O–H groups in total. The quantitative estimate of drug-likeness (QED) is 0.176. The predicted octanol–water partition coefficient (Wildman–Crippen LogP) is 5.68. The molecule has 1 saturated heterocycles. The van der Waals surface area contributed by atoms with Gasteiger partial charge in [0.25, 0.3) is 10.0 Å². The van der Waals surface area contributed by atoms with Crippen LogP contribution in [-0.4, -0.2) is 69.7 Å². The van der Waals surface area contributed by atoms with Crippen LogP contribution in [0.1, 0.15) is 45.4 Å². The molecule has 0 unspecified atom stereocenters. The average molecular weight is 623 g/mol. The topological polar surface area (TPSA) is 117 Å². The minimum atomic E-state index is -3.94. The Bertz CT molecular complexity index is 1460. The van der Waals surface area contributed by atoms with E-state index in [1.54, 1.807) is 12.1 Å². The van der Waals surface area contributed by atoms with E-state index in [4.69, 9.17) is 9.47 Å². The molecule has 2 amide bonds. The Hall–Kier alpha value is -3.93. The molecule has 0 bridgehead atoms. The van der Waals surface area contributed by atoms with Crippen molar-refractivity contribution in [3.05, 3.63) is 78.9 Å². The molecule has 0 aliphatic carbocycles. The number of amides is 2. The minimum absolute atomic E-state index is 0.0567. The summed E-state index contributed by atoms with van der Waals surface area (Å²) in [5, 5.41) is 4.11. The number of hydrogen-bond acceptors (Lipinski definition) is 7. The highest BCUT2D eigenvalue weighted by Crippen LogP contribution is 2.28. The number of carbonyl (C=O) groups is 2. The standard InChI is InChI=1S/C33H42N4O6S/c1-3-4-10-22-37(35-44(40,41)29-17-15-27(42-2)16-18-29)32(38)21-25-36-23-19-28(20-24-36)43-33(39)34-31-14-9-8-13-30(31)26-11-6-5-7-12-26/h5-9,11-18,28,35H,3-4,10,19-25H2,1-2H3,(H,34,39). The van der Waals surface area contributed by atoms with Crippen molar-refractivity contribution in [1.29, 1.82) is 0 Å². The number of unbranched alkanes of at least 4 members (excludes halogenated alkanes) is 2. The van der Waals surface area contributed by atoms with Gasteiger partial charge in [0.15, 0.2) is 0 Å². The molecule has 1 aliphatic rings. The highest BCUT2D eigenvalue weighted by Gasteiger charge is 2.26. The SMILES string of the molecule is CCCCCN(NS(=O)(=O)c1ccc(OC)cc1)C(=O)CCN1CCC(OC(=O)Nc2ccccc2-c2ccccc2)CC1. The first kappa shape index (κ1) is 33.0. The number of methoxy groups -OCH3 is 1. The van der Waals surface area contributed by atoms with E-state index in [0.717, 1.165) is 24.0 Å². The van der Waals surface area contributed by atoms with E-state index in [1.165, 1.54) is 24.3 Å². The van der Waals surface area contributed by atoms with Gasteiger partial charge < -0.3 is 14.4 Å². The van der Waals surface area contributed by atoms with Gasteiger partial charge >= 0.3 is 6.09 Å². The number of piperidine rings is 1. The molecular formula is C33H42N4O6S. The van der Waals surface area contributed by atoms with E-state index in [2.05, 4.69) is 15.0 Å². The number of likely N-dealkylation sites (tertiary alicyclic amines) is 1. The lowest BCUT2D eigenvalue weighted by Gasteiger charge is -2.32. The summed E-state index contributed by atoms with van der Waals surface area (Å²) >= 11 is 0. The molecule has 10 nitrogen and oxygen atoms in total. The largest absolute Gasteiger partial charge is 0.497 e. The first-order valence-electron chi connectivity index (χ1n) is 15.1. The number of hydrazine groups is 1. The molecule has 0 saturated carbocycles. The number of ether oxygens (including phenoxy) is 2. The van der Waals surface area contributed by atoms with E-state index in [0.29, 0.717) is 56.9 Å². The summed E-state index contributed by atoms with van der Waals surface area (Å²) in [6, 6.07) is 23.5. The molecule has 1 aliphatic heterocycles. The Balaban J connectivity index is 1.25. The molecule has 0 aromatic heterocycles. The number of rotatable bonds is 14. The van der Waals surface area contributed by atoms with Crippen LogP contribution in [0, 0.1) is 0 Å². The fourth-order valence-electron chi connectivity index (χ4n) is 5.09. The number of para-hydroxylation sites is 1. The summed E-state index contributed by atoms with van der Waals surface area (Å²) in [7, 11) is -2.43. The molecule has 0 radical (unpaired) electrons. The van der Waals surface area contributed by atoms with Gasteiger partial charge in [-0.25, -0.2) is 13.2 Å². The normalized spacial score (nSPS) is 14.1. The molecule has 3 aromatic rings. The number of anilines is 1. The Morgan fingerprint density at radius 2 is 1.61 bits per heavy atom. The van der Waals surface area contributed by atoms with Crippen molar-refractivity contribution in [2.45, 2.75) is 56.4 Å². The molecule has 1 heterocycles. The van der Waals surface area contributed by atoms with Gasteiger partial charge in [0.05, 0.1) is 17.7 Å². The zero-order valence-electron chi connectivity index (χ0n) is 25.4. The third kappa shape index (κ3) is 9.54. The molecule has 4 rings (SSSR count). The third-order valence-electron chi connectivity index (χ3n) is 7.59. The van der Waals surface area contributed by atoms with Crippen molar-refractivity contribution >= 4 is 27.7 Å². The van der Waals surface area contributed by atoms with Crippen LogP contribution in [0.2, 0.25) is 0 Å². The maximum Gasteiger partial charge on any atom is 0.411 e. The molecule has 0 spiro atoms. The summed E-state index contributed by atoms with van der Waals surface area (Å²) < 4.78 is 36.9. The molecule has 3 aromatic carbocycles. The highest BCUT2D eigenvalue weighted by molar-refractivity contribution is 7.89. The van der Waals surface area contributed by atoms with Crippen molar-refractivity contribution in [3.8, 4) is 16.9 Å². The predicted molar refractivity (Wildman–Crippen MR) is 171 cm³/mol. The lowest BCUT2D eigenvalue weighted by atomic mass is 10.0. The van der Waals surface area contributed by atoms with E-state index in [1.807, 2.05) is 61.5 Å². The van der Waals surface area contributed by atoms with E-state index < -0.39 is 16.1 Å². The first-order valence-corrected chi connectivity index (χ1v) is 16.6. The Morgan fingerprint density at radius 3 is 2.30 bits per heavy atom. The zero-order chi connectivity index (χ0) is 31.4. The van der Waals surface area contributed by atoms with Crippen LogP contribution in [0.15, 0.2) is 83.8 Å². The maximum atomic E-state index is 13.2. The fraction of sp³-hybridized carbons (Fsp3) is 0.394. The molecule has 11 heteroatoms. The van der Waals surface area contributed by atoms with Gasteiger partial charge in [0, 0.05) is 38.2 Å². The van der Waals surface area contributed by atoms with Crippen LogP contribution in [-0.2, 0) is 19.6 Å². The van der Waals surface area contributed by atoms with Gasteiger partial charge in [0.2, 0.25) is 5.91 Å². The Kier molecular flexibility index (Phi) is 12.2. The molecular weight excluding hydrogens is 580 g/mol. The molecule has 236 valence electrons. The summed E-state index contributed by atoms with van der Waals surface area (Å²) in [5.74, 6) is 0.260. The second-order valence-corrected chi connectivity index (χ2v) is 12.4. The van der Waals surface area contributed by atoms with Gasteiger partial charge in [-0.15, -0.1) is 4.83 Å². The van der Waals surface area contributed by atoms with Crippen molar-refractivity contribution in [1.82, 2.24) is 14.7 Å². The van der Waals surface area contributed by atoms with Gasteiger partial charge in [-0.2, -0.15) is 0 Å². The highest BCUT2D eigenvalue weighted by atomic mass is 32.2. The van der Waals surface area contributed by atoms with Gasteiger partial charge in [-0.3, -0.25) is 15.1 Å². The maximum absolute atomic E-state index is 13.2. The van der Waals surface area contributed by atoms with E-state index in [-0.39, 0.29) is 23.3 Å². The summed E-state index contributed by atoms with van der Waals surface area (Å²) in [5.41, 5.74) is 2.61. The molecule has 1 fully saturated rings. The van der Waals surface area contributed by atoms with Gasteiger partial charge in [0.1, 0.15) is 11.9 Å². The second-order valence-electron chi connectivity index (χ2n) is 10.8. The summed E-state index contributed by atoms with van der Waals surface area (Å²) in [6.07, 6.45) is 3.25. The number of sulfonamides is 1. The van der Waals surface area contributed by atoms with Crippen molar-refractivity contribution in [2.75, 3.05) is 38.6 Å². The van der Waals surface area contributed by atoms with Crippen LogP contribution < -0.4 is 14.9 Å². The number of benzene rings is 3. The summed E-state index contributed by atoms with van der Waals surface area (Å²) in [6.45, 7) is 4.16. The van der Waals surface area contributed by atoms with Gasteiger partial charge in [-0.05, 0) is 55.2 Å². The number of nitrogens with one attached hydrogen (secondary N) is 2. The monoisotopic (exact) mass is 622 g/mol. The minimum Gasteiger partial charge on any atom is -0.497 e. The number of carbonyl (C=O) groups excluding carboxylic acids is 2. The van der Waals surface area contributed by atoms with Gasteiger partial charge in [-0.1, -0.05) is 68.3 Å². The van der Waals surface area contributed by atoms with Crippen LogP contribution >= 0.6 is 0 Å². The van der Waals surface area contributed by atoms with Crippen molar-refractivity contribution < 1.29 is 27.5 Å². The van der Waals surface area contributed by atoms with Crippen LogP contribution in [0.3, 0.4) is 0 Å². The Morgan fingerprint density at radius 1 is 0.932 bits per heavy atom. The van der Waals surface area contributed by atoms with E-state index in [9.17, 15) is 18.0 Å². The summed E-state index contributed by atoms with van der Waals surface area (Å²) in [4.78, 5) is 30.6. The number of hydrogen-bond donors (Lipinski definition) is 2. The smallest absolute Gasteiger partial charge is 0.411 e. The van der Waals surface area contributed by atoms with Crippen LogP contribution in [0.4, 0.5) is 10.5 Å². The first-order chi connectivity index (χ1) is 21.3. The van der Waals surface area contributed by atoms with E-state index >= 15 is 0 Å². The Labute approximate surface area is 260 Å². The van der Waals surface area contributed by atoms with Crippen molar-refractivity contribution in [2.24, 2.45) is 0 Å². The lowest BCUT2D eigenvalue weighted by molar-refractivity contribution is -0.133. The zero-order valence-corrected chi connectivity index (χ0v) is 26.2. The van der Waals surface area contributed by atoms with Crippen LogP contribution in [0.5, 0.6) is 5.75 Å². The molecule has 0 atom stereocenters.